The first-order valence-electron chi connectivity index (χ1n) is 7.27. The maximum absolute atomic E-state index is 2.99. The number of rotatable bonds is 1. The van der Waals surface area contributed by atoms with Gasteiger partial charge in [0.2, 0.25) is 0 Å². The Balaban J connectivity index is 0.000000253. The molecule has 0 spiro atoms. The maximum atomic E-state index is 2.99. The second kappa shape index (κ2) is 7.65. The van der Waals surface area contributed by atoms with Crippen LogP contribution in [0.1, 0.15) is 17.5 Å². The molecule has 0 saturated heterocycles. The van der Waals surface area contributed by atoms with Crippen molar-refractivity contribution in [1.29, 1.82) is 0 Å². The van der Waals surface area contributed by atoms with Gasteiger partial charge in [-0.15, -0.1) is 41.0 Å². The molecule has 0 N–H and O–H groups in total. The average Bonchev–Trinajstić information content (AvgIpc) is 3.26. The van der Waals surface area contributed by atoms with Gasteiger partial charge in [-0.25, -0.2) is 12.2 Å². The topological polar surface area (TPSA) is 4.93 Å². The fraction of sp³-hybridized carbons (Fsp3) is 0.150. The summed E-state index contributed by atoms with van der Waals surface area (Å²) in [5, 5.41) is 2.73. The standard InChI is InChI=1S/C15H14N.C5H5.Zr/c1-11-5-6-12(2)15-10-13(9-14(11)15)16-7-3-4-8-16;1-2-4-5-3-1;/h3-10H,1-2H3;1-3H,4H2;/q2*-1;+2. The minimum atomic E-state index is 0. The third kappa shape index (κ3) is 3.62. The van der Waals surface area contributed by atoms with Gasteiger partial charge in [-0.05, 0) is 24.7 Å². The van der Waals surface area contributed by atoms with Crippen LogP contribution >= 0.6 is 0 Å². The third-order valence-corrected chi connectivity index (χ3v) is 3.80. The maximum Gasteiger partial charge on any atom is 2.00 e. The van der Waals surface area contributed by atoms with Crippen molar-refractivity contribution in [3.8, 4) is 5.69 Å². The molecule has 0 fully saturated rings. The van der Waals surface area contributed by atoms with Gasteiger partial charge in [0.15, 0.2) is 0 Å². The van der Waals surface area contributed by atoms with Crippen molar-refractivity contribution in [3.05, 3.63) is 84.2 Å². The number of fused-ring (bicyclic) bond motifs is 1. The summed E-state index contributed by atoms with van der Waals surface area (Å²) in [6.45, 7) is 4.34. The van der Waals surface area contributed by atoms with E-state index in [1.807, 2.05) is 12.2 Å². The van der Waals surface area contributed by atoms with E-state index >= 15 is 0 Å². The number of allylic oxidation sites excluding steroid dienone is 4. The Labute approximate surface area is 151 Å². The second-order valence-electron chi connectivity index (χ2n) is 5.33. The van der Waals surface area contributed by atoms with Gasteiger partial charge in [0.1, 0.15) is 0 Å². The van der Waals surface area contributed by atoms with Gasteiger partial charge in [-0.3, -0.25) is 6.08 Å². The molecule has 108 valence electrons. The molecule has 0 radical (unpaired) electrons. The number of hydrogen-bond acceptors (Lipinski definition) is 0. The summed E-state index contributed by atoms with van der Waals surface area (Å²) in [5.74, 6) is 0. The van der Waals surface area contributed by atoms with E-state index in [-0.39, 0.29) is 26.2 Å². The monoisotopic (exact) mass is 363 g/mol. The smallest absolute Gasteiger partial charge is 0.342 e. The van der Waals surface area contributed by atoms with Gasteiger partial charge >= 0.3 is 26.2 Å². The molecule has 1 heterocycles. The van der Waals surface area contributed by atoms with Crippen molar-refractivity contribution in [1.82, 2.24) is 4.57 Å². The first kappa shape index (κ1) is 16.8. The normalized spacial score (nSPS) is 12.1. The predicted molar refractivity (Wildman–Crippen MR) is 89.9 cm³/mol. The van der Waals surface area contributed by atoms with Crippen LogP contribution in [0.5, 0.6) is 0 Å². The van der Waals surface area contributed by atoms with Gasteiger partial charge in [0.25, 0.3) is 0 Å². The van der Waals surface area contributed by atoms with Crippen molar-refractivity contribution in [3.63, 3.8) is 0 Å². The summed E-state index contributed by atoms with van der Waals surface area (Å²) in [5.41, 5.74) is 3.94. The Bertz CT molecular complexity index is 740. The van der Waals surface area contributed by atoms with Gasteiger partial charge in [-0.1, -0.05) is 18.6 Å². The molecule has 22 heavy (non-hydrogen) atoms. The van der Waals surface area contributed by atoms with Crippen LogP contribution in [0.2, 0.25) is 0 Å². The molecule has 0 unspecified atom stereocenters. The quantitative estimate of drug-likeness (QED) is 0.518. The van der Waals surface area contributed by atoms with Gasteiger partial charge in [0, 0.05) is 12.4 Å². The van der Waals surface area contributed by atoms with Crippen LogP contribution in [-0.2, 0) is 26.2 Å². The van der Waals surface area contributed by atoms with Gasteiger partial charge < -0.3 is 4.57 Å². The van der Waals surface area contributed by atoms with E-state index in [1.165, 1.54) is 27.6 Å². The van der Waals surface area contributed by atoms with Gasteiger partial charge in [-0.2, -0.15) is 6.08 Å². The summed E-state index contributed by atoms with van der Waals surface area (Å²) in [6, 6.07) is 13.0. The van der Waals surface area contributed by atoms with E-state index < -0.39 is 0 Å². The van der Waals surface area contributed by atoms with Crippen LogP contribution in [0, 0.1) is 19.9 Å². The Kier molecular flexibility index (Phi) is 5.85. The molecular formula is C20H19NZr. The zero-order chi connectivity index (χ0) is 14.7. The fourth-order valence-electron chi connectivity index (χ4n) is 2.57. The Morgan fingerprint density at radius 2 is 1.82 bits per heavy atom. The molecule has 1 aliphatic rings. The van der Waals surface area contributed by atoms with E-state index in [9.17, 15) is 0 Å². The molecule has 1 aliphatic carbocycles. The molecule has 0 amide bonds. The van der Waals surface area contributed by atoms with Crippen LogP contribution in [0.3, 0.4) is 0 Å². The van der Waals surface area contributed by atoms with E-state index in [1.54, 1.807) is 0 Å². The second-order valence-corrected chi connectivity index (χ2v) is 5.33. The molecule has 1 nitrogen and oxygen atoms in total. The minimum Gasteiger partial charge on any atom is -0.342 e. The molecule has 0 bridgehead atoms. The molecule has 1 aromatic heterocycles. The van der Waals surface area contributed by atoms with Crippen LogP contribution in [-0.4, -0.2) is 4.57 Å². The Hall–Kier alpha value is -1.53. The number of aromatic nitrogens is 1. The summed E-state index contributed by atoms with van der Waals surface area (Å²) in [7, 11) is 0. The SMILES string of the molecule is Cc1ccc(C)c2[cH-]c(-n3cccc3)cc12.[C-]1=CC=CC1.[Zr+2]. The van der Waals surface area contributed by atoms with Crippen molar-refractivity contribution in [2.24, 2.45) is 0 Å². The predicted octanol–water partition coefficient (Wildman–Crippen LogP) is 5.27. The van der Waals surface area contributed by atoms with Crippen molar-refractivity contribution >= 4 is 10.8 Å². The Morgan fingerprint density at radius 1 is 1.09 bits per heavy atom. The number of hydrogen-bond donors (Lipinski definition) is 0. The van der Waals surface area contributed by atoms with E-state index in [0.29, 0.717) is 0 Å². The van der Waals surface area contributed by atoms with Crippen LogP contribution in [0.25, 0.3) is 16.5 Å². The minimum absolute atomic E-state index is 0. The van der Waals surface area contributed by atoms with E-state index in [0.717, 1.165) is 6.42 Å². The molecular weight excluding hydrogens is 345 g/mol. The van der Waals surface area contributed by atoms with E-state index in [4.69, 9.17) is 0 Å². The first-order valence-corrected chi connectivity index (χ1v) is 7.27. The molecule has 3 aromatic rings. The van der Waals surface area contributed by atoms with Crippen molar-refractivity contribution in [2.75, 3.05) is 0 Å². The summed E-state index contributed by atoms with van der Waals surface area (Å²) in [6.07, 6.45) is 14.2. The number of aryl methyl sites for hydroxylation is 2. The molecule has 0 atom stereocenters. The van der Waals surface area contributed by atoms with Crippen molar-refractivity contribution < 1.29 is 26.2 Å². The van der Waals surface area contributed by atoms with Gasteiger partial charge in [0.05, 0.1) is 0 Å². The zero-order valence-corrected chi connectivity index (χ0v) is 15.5. The summed E-state index contributed by atoms with van der Waals surface area (Å²) < 4.78 is 2.15. The average molecular weight is 365 g/mol. The summed E-state index contributed by atoms with van der Waals surface area (Å²) >= 11 is 0. The molecule has 2 aromatic carbocycles. The summed E-state index contributed by atoms with van der Waals surface area (Å²) in [4.78, 5) is 0. The first-order chi connectivity index (χ1) is 10.3. The molecule has 0 saturated carbocycles. The molecule has 2 heteroatoms. The Morgan fingerprint density at radius 3 is 2.36 bits per heavy atom. The zero-order valence-electron chi connectivity index (χ0n) is 13.0. The fourth-order valence-corrected chi connectivity index (χ4v) is 2.57. The van der Waals surface area contributed by atoms with Crippen LogP contribution in [0.15, 0.2) is 67.0 Å². The molecule has 4 rings (SSSR count). The number of benzene rings is 1. The number of nitrogens with zero attached hydrogens (tertiary/aromatic N) is 1. The van der Waals surface area contributed by atoms with Crippen molar-refractivity contribution in [2.45, 2.75) is 20.3 Å². The molecule has 0 aliphatic heterocycles. The van der Waals surface area contributed by atoms with E-state index in [2.05, 4.69) is 79.4 Å². The third-order valence-electron chi connectivity index (χ3n) is 3.80. The van der Waals surface area contributed by atoms with Crippen LogP contribution in [0.4, 0.5) is 0 Å². The van der Waals surface area contributed by atoms with Crippen LogP contribution < -0.4 is 0 Å². The largest absolute Gasteiger partial charge is 2.00 e.